The molecule has 0 aliphatic rings. The van der Waals surface area contributed by atoms with Gasteiger partial charge in [-0.1, -0.05) is 36.4 Å². The van der Waals surface area contributed by atoms with Gasteiger partial charge in [0, 0.05) is 6.54 Å². The number of fused-ring (bicyclic) bond motifs is 1. The van der Waals surface area contributed by atoms with Gasteiger partial charge in [0.1, 0.15) is 18.1 Å². The zero-order valence-electron chi connectivity index (χ0n) is 17.2. The fourth-order valence-electron chi connectivity index (χ4n) is 3.16. The molecule has 0 aromatic heterocycles. The maximum absolute atomic E-state index is 12.4. The second-order valence-corrected chi connectivity index (χ2v) is 7.16. The Hall–Kier alpha value is -3.05. The molecule has 0 aliphatic heterocycles. The van der Waals surface area contributed by atoms with E-state index in [0.717, 1.165) is 17.1 Å². The van der Waals surface area contributed by atoms with Crippen LogP contribution in [0.5, 0.6) is 11.5 Å². The second kappa shape index (κ2) is 9.94. The van der Waals surface area contributed by atoms with Crippen molar-refractivity contribution < 1.29 is 14.3 Å². The number of hydrogen-bond donors (Lipinski definition) is 1. The lowest BCUT2D eigenvalue weighted by Gasteiger charge is -2.19. The third-order valence-electron chi connectivity index (χ3n) is 4.87. The zero-order valence-corrected chi connectivity index (χ0v) is 17.2. The quantitative estimate of drug-likeness (QED) is 0.597. The number of amides is 1. The average Bonchev–Trinajstić information content (AvgIpc) is 2.73. The standard InChI is InChI=1S/C24H28N2O3/c1-18(20-9-8-19-6-4-5-7-21(19)16-20)25-24(27)17-26(2)14-15-29-23-12-10-22(28-3)11-13-23/h4-13,16,18H,14-15,17H2,1-3H3,(H,25,27)/t18-/m1/s1. The summed E-state index contributed by atoms with van der Waals surface area (Å²) in [5.41, 5.74) is 1.10. The molecular weight excluding hydrogens is 364 g/mol. The van der Waals surface area contributed by atoms with Crippen molar-refractivity contribution in [3.63, 3.8) is 0 Å². The maximum atomic E-state index is 12.4. The average molecular weight is 392 g/mol. The van der Waals surface area contributed by atoms with Gasteiger partial charge in [-0.05, 0) is 60.6 Å². The molecule has 0 saturated heterocycles. The Kier molecular flexibility index (Phi) is 7.09. The van der Waals surface area contributed by atoms with Crippen molar-refractivity contribution in [2.24, 2.45) is 0 Å². The number of hydrogen-bond acceptors (Lipinski definition) is 4. The van der Waals surface area contributed by atoms with Crippen molar-refractivity contribution in [2.75, 3.05) is 33.9 Å². The highest BCUT2D eigenvalue weighted by Crippen LogP contribution is 2.20. The molecule has 3 aromatic carbocycles. The van der Waals surface area contributed by atoms with Crippen molar-refractivity contribution in [3.8, 4) is 11.5 Å². The molecule has 0 heterocycles. The molecule has 3 aromatic rings. The van der Waals surface area contributed by atoms with Crippen LogP contribution in [-0.2, 0) is 4.79 Å². The van der Waals surface area contributed by atoms with E-state index >= 15 is 0 Å². The number of nitrogens with one attached hydrogen (secondary N) is 1. The van der Waals surface area contributed by atoms with Crippen molar-refractivity contribution in [1.29, 1.82) is 0 Å². The number of benzene rings is 3. The smallest absolute Gasteiger partial charge is 0.234 e. The first kappa shape index (κ1) is 20.7. The molecule has 0 saturated carbocycles. The molecule has 1 N–H and O–H groups in total. The Morgan fingerprint density at radius 2 is 1.69 bits per heavy atom. The van der Waals surface area contributed by atoms with Gasteiger partial charge in [-0.2, -0.15) is 0 Å². The summed E-state index contributed by atoms with van der Waals surface area (Å²) in [7, 11) is 3.55. The molecule has 1 atom stereocenters. The van der Waals surface area contributed by atoms with E-state index in [-0.39, 0.29) is 11.9 Å². The number of rotatable bonds is 9. The van der Waals surface area contributed by atoms with Gasteiger partial charge in [0.05, 0.1) is 19.7 Å². The van der Waals surface area contributed by atoms with Gasteiger partial charge < -0.3 is 14.8 Å². The molecule has 3 rings (SSSR count). The van der Waals surface area contributed by atoms with E-state index in [1.165, 1.54) is 10.8 Å². The molecule has 0 unspecified atom stereocenters. The number of methoxy groups -OCH3 is 1. The minimum absolute atomic E-state index is 0.00222. The highest BCUT2D eigenvalue weighted by Gasteiger charge is 2.12. The van der Waals surface area contributed by atoms with E-state index in [2.05, 4.69) is 35.6 Å². The Morgan fingerprint density at radius 1 is 1.00 bits per heavy atom. The number of nitrogens with zero attached hydrogens (tertiary/aromatic N) is 1. The molecular formula is C24H28N2O3. The van der Waals surface area contributed by atoms with Gasteiger partial charge in [-0.15, -0.1) is 0 Å². The molecule has 1 amide bonds. The molecule has 29 heavy (non-hydrogen) atoms. The molecule has 0 bridgehead atoms. The van der Waals surface area contributed by atoms with Crippen LogP contribution in [0.3, 0.4) is 0 Å². The summed E-state index contributed by atoms with van der Waals surface area (Å²) in [4.78, 5) is 14.3. The largest absolute Gasteiger partial charge is 0.497 e. The number of ether oxygens (including phenoxy) is 2. The molecule has 0 aliphatic carbocycles. The van der Waals surface area contributed by atoms with Crippen LogP contribution in [0.25, 0.3) is 10.8 Å². The topological polar surface area (TPSA) is 50.8 Å². The van der Waals surface area contributed by atoms with E-state index < -0.39 is 0 Å². The molecule has 0 fully saturated rings. The van der Waals surface area contributed by atoms with Crippen LogP contribution in [0, 0.1) is 0 Å². The van der Waals surface area contributed by atoms with Gasteiger partial charge in [0.15, 0.2) is 0 Å². The van der Waals surface area contributed by atoms with Crippen molar-refractivity contribution >= 4 is 16.7 Å². The highest BCUT2D eigenvalue weighted by molar-refractivity contribution is 5.83. The minimum atomic E-state index is -0.0453. The molecule has 5 nitrogen and oxygen atoms in total. The van der Waals surface area contributed by atoms with Crippen LogP contribution >= 0.6 is 0 Å². The number of carbonyl (C=O) groups excluding carboxylic acids is 1. The summed E-state index contributed by atoms with van der Waals surface area (Å²) in [5.74, 6) is 1.58. The highest BCUT2D eigenvalue weighted by atomic mass is 16.5. The maximum Gasteiger partial charge on any atom is 0.234 e. The molecule has 152 valence electrons. The third-order valence-corrected chi connectivity index (χ3v) is 4.87. The Balaban J connectivity index is 1.43. The van der Waals surface area contributed by atoms with E-state index in [9.17, 15) is 4.79 Å². The first-order valence-electron chi connectivity index (χ1n) is 9.78. The van der Waals surface area contributed by atoms with Crippen LogP contribution in [-0.4, -0.2) is 44.7 Å². The fraction of sp³-hybridized carbons (Fsp3) is 0.292. The van der Waals surface area contributed by atoms with Gasteiger partial charge >= 0.3 is 0 Å². The van der Waals surface area contributed by atoms with E-state index in [0.29, 0.717) is 19.7 Å². The molecule has 0 radical (unpaired) electrons. The Morgan fingerprint density at radius 3 is 2.41 bits per heavy atom. The lowest BCUT2D eigenvalue weighted by molar-refractivity contribution is -0.122. The Bertz CT molecular complexity index is 940. The van der Waals surface area contributed by atoms with E-state index in [4.69, 9.17) is 9.47 Å². The minimum Gasteiger partial charge on any atom is -0.497 e. The molecule has 5 heteroatoms. The second-order valence-electron chi connectivity index (χ2n) is 7.16. The van der Waals surface area contributed by atoms with Crippen LogP contribution in [0.15, 0.2) is 66.7 Å². The van der Waals surface area contributed by atoms with Crippen molar-refractivity contribution in [1.82, 2.24) is 10.2 Å². The van der Waals surface area contributed by atoms with Crippen molar-refractivity contribution in [3.05, 3.63) is 72.3 Å². The third kappa shape index (κ3) is 5.96. The van der Waals surface area contributed by atoms with Gasteiger partial charge in [-0.3, -0.25) is 9.69 Å². The normalized spacial score (nSPS) is 12.0. The Labute approximate surface area is 172 Å². The SMILES string of the molecule is COc1ccc(OCCN(C)CC(=O)N[C@H](C)c2ccc3ccccc3c2)cc1. The summed E-state index contributed by atoms with van der Waals surface area (Å²) >= 11 is 0. The lowest BCUT2D eigenvalue weighted by atomic mass is 10.0. The van der Waals surface area contributed by atoms with Crippen LogP contribution in [0.1, 0.15) is 18.5 Å². The van der Waals surface area contributed by atoms with E-state index in [1.54, 1.807) is 7.11 Å². The van der Waals surface area contributed by atoms with Crippen LogP contribution in [0.2, 0.25) is 0 Å². The lowest BCUT2D eigenvalue weighted by Crippen LogP contribution is -2.38. The summed E-state index contributed by atoms with van der Waals surface area (Å²) in [5, 5.41) is 5.46. The first-order chi connectivity index (χ1) is 14.0. The molecule has 0 spiro atoms. The van der Waals surface area contributed by atoms with Crippen LogP contribution in [0.4, 0.5) is 0 Å². The summed E-state index contributed by atoms with van der Waals surface area (Å²) < 4.78 is 10.9. The predicted molar refractivity (Wildman–Crippen MR) is 116 cm³/mol. The summed E-state index contributed by atoms with van der Waals surface area (Å²) in [6.07, 6.45) is 0. The predicted octanol–water partition coefficient (Wildman–Crippen LogP) is 4.04. The van der Waals surface area contributed by atoms with Crippen LogP contribution < -0.4 is 14.8 Å². The van der Waals surface area contributed by atoms with Gasteiger partial charge in [-0.25, -0.2) is 0 Å². The number of likely N-dealkylation sites (N-methyl/N-ethyl adjacent to an activating group) is 1. The van der Waals surface area contributed by atoms with Gasteiger partial charge in [0.25, 0.3) is 0 Å². The van der Waals surface area contributed by atoms with Crippen molar-refractivity contribution in [2.45, 2.75) is 13.0 Å². The zero-order chi connectivity index (χ0) is 20.6. The summed E-state index contributed by atoms with van der Waals surface area (Å²) in [6.45, 7) is 3.50. The fourth-order valence-corrected chi connectivity index (χ4v) is 3.16. The first-order valence-corrected chi connectivity index (χ1v) is 9.78. The monoisotopic (exact) mass is 392 g/mol. The number of carbonyl (C=O) groups is 1. The van der Waals surface area contributed by atoms with E-state index in [1.807, 2.05) is 55.3 Å². The summed E-state index contributed by atoms with van der Waals surface area (Å²) in [6, 6.07) is 21.9. The van der Waals surface area contributed by atoms with Gasteiger partial charge in [0.2, 0.25) is 5.91 Å².